The maximum Gasteiger partial charge on any atom is 0.275 e. The highest BCUT2D eigenvalue weighted by Crippen LogP contribution is 2.23. The van der Waals surface area contributed by atoms with E-state index in [9.17, 15) is 4.79 Å². The Kier molecular flexibility index (Phi) is 5.28. The second-order valence-electron chi connectivity index (χ2n) is 6.25. The largest absolute Gasteiger partial charge is 0.345 e. The number of amides is 1. The third-order valence-corrected chi connectivity index (χ3v) is 5.06. The van der Waals surface area contributed by atoms with E-state index in [1.54, 1.807) is 11.3 Å². The molecule has 2 N–H and O–H groups in total. The van der Waals surface area contributed by atoms with Crippen LogP contribution in [0.2, 0.25) is 0 Å². The molecular formula is C20H23N2OS+. The van der Waals surface area contributed by atoms with Crippen LogP contribution in [0.3, 0.4) is 0 Å². The summed E-state index contributed by atoms with van der Waals surface area (Å²) in [5.41, 5.74) is 1.16. The van der Waals surface area contributed by atoms with Crippen molar-refractivity contribution in [2.24, 2.45) is 0 Å². The molecule has 0 bridgehead atoms. The van der Waals surface area contributed by atoms with E-state index in [1.165, 1.54) is 20.5 Å². The molecule has 0 saturated carbocycles. The first kappa shape index (κ1) is 16.7. The van der Waals surface area contributed by atoms with E-state index >= 15 is 0 Å². The summed E-state index contributed by atoms with van der Waals surface area (Å²) >= 11 is 1.74. The van der Waals surface area contributed by atoms with Crippen LogP contribution in [-0.4, -0.2) is 19.5 Å². The number of likely N-dealkylation sites (N-methyl/N-ethyl adjacent to an activating group) is 1. The van der Waals surface area contributed by atoms with E-state index in [4.69, 9.17) is 0 Å². The fraction of sp³-hybridized carbons (Fsp3) is 0.250. The first-order chi connectivity index (χ1) is 11.6. The first-order valence-corrected chi connectivity index (χ1v) is 9.12. The fourth-order valence-electron chi connectivity index (χ4n) is 3.05. The van der Waals surface area contributed by atoms with Crippen LogP contribution >= 0.6 is 11.3 Å². The lowest BCUT2D eigenvalue weighted by molar-refractivity contribution is -0.885. The number of carbonyl (C=O) groups excluding carboxylic acids is 1. The van der Waals surface area contributed by atoms with E-state index in [1.807, 2.05) is 19.1 Å². The van der Waals surface area contributed by atoms with Crippen molar-refractivity contribution in [2.45, 2.75) is 19.5 Å². The number of hydrogen-bond donors (Lipinski definition) is 2. The van der Waals surface area contributed by atoms with Crippen LogP contribution in [-0.2, 0) is 11.3 Å². The Morgan fingerprint density at radius 1 is 1.12 bits per heavy atom. The number of nitrogens with one attached hydrogen (secondary N) is 2. The lowest BCUT2D eigenvalue weighted by Crippen LogP contribution is -3.08. The Morgan fingerprint density at radius 2 is 1.92 bits per heavy atom. The van der Waals surface area contributed by atoms with Gasteiger partial charge in [-0.15, -0.1) is 11.3 Å². The van der Waals surface area contributed by atoms with Crippen molar-refractivity contribution in [3.05, 3.63) is 70.4 Å². The van der Waals surface area contributed by atoms with Gasteiger partial charge < -0.3 is 10.2 Å². The molecule has 1 aromatic heterocycles. The molecule has 3 nitrogen and oxygen atoms in total. The van der Waals surface area contributed by atoms with Crippen LogP contribution < -0.4 is 10.2 Å². The van der Waals surface area contributed by atoms with E-state index < -0.39 is 0 Å². The van der Waals surface area contributed by atoms with Crippen LogP contribution in [0.5, 0.6) is 0 Å². The fourth-order valence-corrected chi connectivity index (χ4v) is 3.86. The Hall–Kier alpha value is -2.17. The van der Waals surface area contributed by atoms with Gasteiger partial charge in [0.15, 0.2) is 6.54 Å². The highest BCUT2D eigenvalue weighted by molar-refractivity contribution is 7.09. The number of benzene rings is 2. The van der Waals surface area contributed by atoms with Crippen LogP contribution in [0.1, 0.15) is 23.4 Å². The standard InChI is InChI=1S/C20H22N2OS/c1-15(18-11-5-8-16-7-3-4-10-19(16)18)21-20(23)14-22(2)13-17-9-6-12-24-17/h3-12,15H,13-14H2,1-2H3,(H,21,23)/p+1/t15-/m1/s1. The van der Waals surface area contributed by atoms with E-state index in [0.717, 1.165) is 12.1 Å². The first-order valence-electron chi connectivity index (χ1n) is 8.24. The van der Waals surface area contributed by atoms with Gasteiger partial charge in [0.25, 0.3) is 5.91 Å². The molecule has 24 heavy (non-hydrogen) atoms. The van der Waals surface area contributed by atoms with E-state index in [0.29, 0.717) is 6.54 Å². The average Bonchev–Trinajstić information content (AvgIpc) is 3.06. The molecule has 1 unspecified atom stereocenters. The molecule has 0 aliphatic heterocycles. The minimum atomic E-state index is -0.00172. The summed E-state index contributed by atoms with van der Waals surface area (Å²) in [7, 11) is 2.06. The zero-order valence-electron chi connectivity index (χ0n) is 14.1. The van der Waals surface area contributed by atoms with Crippen molar-refractivity contribution in [1.82, 2.24) is 5.32 Å². The zero-order valence-corrected chi connectivity index (χ0v) is 14.9. The van der Waals surface area contributed by atoms with Gasteiger partial charge in [-0.05, 0) is 34.7 Å². The van der Waals surface area contributed by atoms with E-state index in [-0.39, 0.29) is 11.9 Å². The lowest BCUT2D eigenvalue weighted by Gasteiger charge is -2.18. The number of hydrogen-bond acceptors (Lipinski definition) is 2. The van der Waals surface area contributed by atoms with Crippen LogP contribution in [0.25, 0.3) is 10.8 Å². The summed E-state index contributed by atoms with van der Waals surface area (Å²) < 4.78 is 0. The quantitative estimate of drug-likeness (QED) is 0.711. The molecule has 0 fully saturated rings. The lowest BCUT2D eigenvalue weighted by atomic mass is 10.00. The molecule has 0 aliphatic carbocycles. The predicted octanol–water partition coefficient (Wildman–Crippen LogP) is 2.79. The van der Waals surface area contributed by atoms with Crippen LogP contribution in [0.15, 0.2) is 60.0 Å². The van der Waals surface area contributed by atoms with Gasteiger partial charge in [0.2, 0.25) is 0 Å². The summed E-state index contributed by atoms with van der Waals surface area (Å²) in [6.45, 7) is 3.41. The molecule has 0 aliphatic rings. The molecule has 2 aromatic carbocycles. The molecule has 1 heterocycles. The summed E-state index contributed by atoms with van der Waals surface area (Å²) in [6, 6.07) is 18.7. The topological polar surface area (TPSA) is 33.5 Å². The second kappa shape index (κ2) is 7.60. The van der Waals surface area contributed by atoms with Crippen molar-refractivity contribution in [3.63, 3.8) is 0 Å². The van der Waals surface area contributed by atoms with Gasteiger partial charge in [-0.2, -0.15) is 0 Å². The smallest absolute Gasteiger partial charge is 0.275 e. The molecule has 3 aromatic rings. The van der Waals surface area contributed by atoms with Gasteiger partial charge in [0.05, 0.1) is 18.0 Å². The molecule has 0 saturated heterocycles. The minimum absolute atomic E-state index is 0.00172. The van der Waals surface area contributed by atoms with E-state index in [2.05, 4.69) is 60.2 Å². The third-order valence-electron chi connectivity index (χ3n) is 4.19. The summed E-state index contributed by atoms with van der Waals surface area (Å²) in [5.74, 6) is 0.0875. The van der Waals surface area contributed by atoms with Crippen molar-refractivity contribution in [3.8, 4) is 0 Å². The number of fused-ring (bicyclic) bond motifs is 1. The Labute approximate surface area is 146 Å². The van der Waals surface area contributed by atoms with Gasteiger partial charge >= 0.3 is 0 Å². The number of rotatable bonds is 6. The van der Waals surface area contributed by atoms with Crippen molar-refractivity contribution in [1.29, 1.82) is 0 Å². The molecular weight excluding hydrogens is 316 g/mol. The van der Waals surface area contributed by atoms with Gasteiger partial charge in [-0.25, -0.2) is 0 Å². The number of carbonyl (C=O) groups is 1. The van der Waals surface area contributed by atoms with Gasteiger partial charge in [-0.3, -0.25) is 4.79 Å². The third kappa shape index (κ3) is 4.02. The molecule has 0 spiro atoms. The number of quaternary nitrogens is 1. The molecule has 4 heteroatoms. The summed E-state index contributed by atoms with van der Waals surface area (Å²) in [6.07, 6.45) is 0. The van der Waals surface area contributed by atoms with Crippen LogP contribution in [0, 0.1) is 0 Å². The van der Waals surface area contributed by atoms with Gasteiger partial charge in [0, 0.05) is 0 Å². The maximum atomic E-state index is 12.4. The minimum Gasteiger partial charge on any atom is -0.345 e. The second-order valence-corrected chi connectivity index (χ2v) is 7.28. The SMILES string of the molecule is C[C@@H](NC(=O)C[NH+](C)Cc1cccs1)c1cccc2ccccc12. The molecule has 1 amide bonds. The summed E-state index contributed by atoms with van der Waals surface area (Å²) in [5, 5.41) is 7.62. The molecule has 2 atom stereocenters. The molecule has 3 rings (SSSR count). The van der Waals surface area contributed by atoms with Crippen LogP contribution in [0.4, 0.5) is 0 Å². The highest BCUT2D eigenvalue weighted by Gasteiger charge is 2.15. The predicted molar refractivity (Wildman–Crippen MR) is 100 cm³/mol. The highest BCUT2D eigenvalue weighted by atomic mass is 32.1. The zero-order chi connectivity index (χ0) is 16.9. The Balaban J connectivity index is 1.63. The Bertz CT molecular complexity index is 808. The summed E-state index contributed by atoms with van der Waals surface area (Å²) in [4.78, 5) is 14.9. The maximum absolute atomic E-state index is 12.4. The average molecular weight is 339 g/mol. The van der Waals surface area contributed by atoms with Crippen molar-refractivity contribution >= 4 is 28.0 Å². The monoisotopic (exact) mass is 339 g/mol. The Morgan fingerprint density at radius 3 is 2.71 bits per heavy atom. The van der Waals surface area contributed by atoms with Crippen molar-refractivity contribution in [2.75, 3.05) is 13.6 Å². The van der Waals surface area contributed by atoms with Gasteiger partial charge in [0.1, 0.15) is 6.54 Å². The van der Waals surface area contributed by atoms with Gasteiger partial charge in [-0.1, -0.05) is 48.5 Å². The molecule has 0 radical (unpaired) electrons. The normalized spacial score (nSPS) is 13.6. The van der Waals surface area contributed by atoms with Crippen molar-refractivity contribution < 1.29 is 9.69 Å². The molecule has 124 valence electrons. The number of thiophene rings is 1.